The van der Waals surface area contributed by atoms with Crippen molar-refractivity contribution in [2.75, 3.05) is 4.90 Å². The summed E-state index contributed by atoms with van der Waals surface area (Å²) in [6.45, 7) is 4.75. The van der Waals surface area contributed by atoms with Crippen molar-refractivity contribution >= 4 is 38.6 Å². The minimum absolute atomic E-state index is 0.142. The molecule has 8 aromatic carbocycles. The predicted octanol–water partition coefficient (Wildman–Crippen LogP) is 13.1. The summed E-state index contributed by atoms with van der Waals surface area (Å²) in [7, 11) is 0. The second kappa shape index (κ2) is 10.0. The molecule has 0 aliphatic heterocycles. The molecule has 0 atom stereocenters. The molecule has 2 aliphatic rings. The van der Waals surface area contributed by atoms with Gasteiger partial charge in [-0.3, -0.25) is 0 Å². The lowest BCUT2D eigenvalue weighted by Gasteiger charge is -2.32. The standard InChI is InChI=1S/C47H33N/c1-47(2)44-17-9-8-15-38(44)39-16-10-18-45(46(39)47)48(36-22-19-31(20-23-36)30-11-4-3-5-12-30)37-24-21-34-28-42-40-26-32-13-6-7-14-33(32)27-41(40)43(42)29-35(34)25-37/h3-29H,1-2H3. The third-order valence-corrected chi connectivity index (χ3v) is 10.7. The van der Waals surface area contributed by atoms with Crippen LogP contribution in [0.4, 0.5) is 17.1 Å². The molecule has 0 saturated heterocycles. The monoisotopic (exact) mass is 611 g/mol. The molecule has 10 rings (SSSR count). The van der Waals surface area contributed by atoms with Gasteiger partial charge in [0.05, 0.1) is 5.69 Å². The fourth-order valence-electron chi connectivity index (χ4n) is 8.36. The van der Waals surface area contributed by atoms with Crippen LogP contribution in [0.15, 0.2) is 164 Å². The first-order valence-corrected chi connectivity index (χ1v) is 16.8. The lowest BCUT2D eigenvalue weighted by molar-refractivity contribution is 0.661. The minimum atomic E-state index is -0.142. The van der Waals surface area contributed by atoms with E-state index in [9.17, 15) is 0 Å². The Bertz CT molecular complexity index is 2570. The van der Waals surface area contributed by atoms with Crippen LogP contribution < -0.4 is 4.90 Å². The quantitative estimate of drug-likeness (QED) is 0.191. The highest BCUT2D eigenvalue weighted by atomic mass is 15.1. The van der Waals surface area contributed by atoms with Crippen molar-refractivity contribution < 1.29 is 0 Å². The van der Waals surface area contributed by atoms with Gasteiger partial charge < -0.3 is 4.90 Å². The average molecular weight is 612 g/mol. The van der Waals surface area contributed by atoms with E-state index < -0.39 is 0 Å². The van der Waals surface area contributed by atoms with E-state index in [4.69, 9.17) is 0 Å². The van der Waals surface area contributed by atoms with E-state index in [2.05, 4.69) is 183 Å². The van der Waals surface area contributed by atoms with Crippen molar-refractivity contribution in [2.24, 2.45) is 0 Å². The van der Waals surface area contributed by atoms with Crippen molar-refractivity contribution in [3.8, 4) is 44.5 Å². The lowest BCUT2D eigenvalue weighted by Crippen LogP contribution is -2.20. The Morgan fingerprint density at radius 1 is 0.375 bits per heavy atom. The number of rotatable bonds is 4. The van der Waals surface area contributed by atoms with Gasteiger partial charge in [0.2, 0.25) is 0 Å². The molecule has 226 valence electrons. The Morgan fingerprint density at radius 2 is 0.917 bits per heavy atom. The highest BCUT2D eigenvalue weighted by Gasteiger charge is 2.38. The molecular formula is C47H33N. The molecule has 0 amide bonds. The third kappa shape index (κ3) is 3.91. The van der Waals surface area contributed by atoms with Crippen molar-refractivity contribution in [1.29, 1.82) is 0 Å². The van der Waals surface area contributed by atoms with Crippen LogP contribution in [0.25, 0.3) is 66.1 Å². The molecule has 0 heterocycles. The van der Waals surface area contributed by atoms with Crippen LogP contribution in [0.3, 0.4) is 0 Å². The Morgan fingerprint density at radius 3 is 1.62 bits per heavy atom. The summed E-state index contributed by atoms with van der Waals surface area (Å²) in [6, 6.07) is 60.6. The SMILES string of the molecule is CC1(C)c2ccccc2-c2cccc(N(c3ccc(-c4ccccc4)cc3)c3ccc4cc5c(cc4c3)-c3cc4ccccc4cc3-5)c21. The summed E-state index contributed by atoms with van der Waals surface area (Å²) >= 11 is 0. The van der Waals surface area contributed by atoms with Crippen LogP contribution in [0.1, 0.15) is 25.0 Å². The summed E-state index contributed by atoms with van der Waals surface area (Å²) in [4.78, 5) is 2.47. The number of hydrogen-bond acceptors (Lipinski definition) is 1. The van der Waals surface area contributed by atoms with E-state index in [1.165, 1.54) is 82.9 Å². The van der Waals surface area contributed by atoms with Gasteiger partial charge in [-0.15, -0.1) is 0 Å². The molecule has 0 fully saturated rings. The average Bonchev–Trinajstić information content (AvgIpc) is 3.37. The van der Waals surface area contributed by atoms with Gasteiger partial charge >= 0.3 is 0 Å². The highest BCUT2D eigenvalue weighted by Crippen LogP contribution is 2.55. The van der Waals surface area contributed by atoms with E-state index in [0.717, 1.165) is 11.4 Å². The fraction of sp³-hybridized carbons (Fsp3) is 0.0638. The van der Waals surface area contributed by atoms with Crippen LogP contribution in [0.2, 0.25) is 0 Å². The molecule has 2 aliphatic carbocycles. The van der Waals surface area contributed by atoms with Crippen LogP contribution in [-0.4, -0.2) is 0 Å². The third-order valence-electron chi connectivity index (χ3n) is 10.7. The van der Waals surface area contributed by atoms with Gasteiger partial charge in [0.25, 0.3) is 0 Å². The van der Waals surface area contributed by atoms with Gasteiger partial charge in [-0.2, -0.15) is 0 Å². The zero-order chi connectivity index (χ0) is 32.0. The molecule has 0 unspecified atom stereocenters. The van der Waals surface area contributed by atoms with Crippen LogP contribution >= 0.6 is 0 Å². The van der Waals surface area contributed by atoms with Gasteiger partial charge in [-0.1, -0.05) is 123 Å². The molecule has 0 radical (unpaired) electrons. The molecular weight excluding hydrogens is 579 g/mol. The zero-order valence-corrected chi connectivity index (χ0v) is 27.0. The fourth-order valence-corrected chi connectivity index (χ4v) is 8.36. The summed E-state index contributed by atoms with van der Waals surface area (Å²) in [5.41, 5.74) is 16.7. The second-order valence-electron chi connectivity index (χ2n) is 13.8. The van der Waals surface area contributed by atoms with Crippen LogP contribution in [0.5, 0.6) is 0 Å². The van der Waals surface area contributed by atoms with Crippen molar-refractivity contribution in [3.63, 3.8) is 0 Å². The zero-order valence-electron chi connectivity index (χ0n) is 27.0. The predicted molar refractivity (Wildman–Crippen MR) is 204 cm³/mol. The Hall–Kier alpha value is -5.92. The largest absolute Gasteiger partial charge is 0.310 e. The Kier molecular flexibility index (Phi) is 5.69. The maximum Gasteiger partial charge on any atom is 0.0508 e. The van der Waals surface area contributed by atoms with Gasteiger partial charge in [0.15, 0.2) is 0 Å². The first-order valence-electron chi connectivity index (χ1n) is 16.8. The molecule has 8 aromatic rings. The van der Waals surface area contributed by atoms with E-state index >= 15 is 0 Å². The first kappa shape index (κ1) is 27.2. The molecule has 0 N–H and O–H groups in total. The van der Waals surface area contributed by atoms with Crippen LogP contribution in [-0.2, 0) is 5.41 Å². The van der Waals surface area contributed by atoms with Crippen molar-refractivity contribution in [1.82, 2.24) is 0 Å². The molecule has 0 bridgehead atoms. The maximum absolute atomic E-state index is 2.47. The van der Waals surface area contributed by atoms with Gasteiger partial charge in [0.1, 0.15) is 0 Å². The molecule has 0 aromatic heterocycles. The summed E-state index contributed by atoms with van der Waals surface area (Å²) in [5, 5.41) is 5.11. The number of benzene rings is 8. The molecule has 1 heteroatoms. The van der Waals surface area contributed by atoms with Crippen LogP contribution in [0, 0.1) is 0 Å². The van der Waals surface area contributed by atoms with E-state index in [0.29, 0.717) is 0 Å². The summed E-state index contributed by atoms with van der Waals surface area (Å²) < 4.78 is 0. The normalized spacial score (nSPS) is 13.4. The summed E-state index contributed by atoms with van der Waals surface area (Å²) in [6.07, 6.45) is 0. The number of nitrogens with zero attached hydrogens (tertiary/aromatic N) is 1. The maximum atomic E-state index is 2.47. The molecule has 48 heavy (non-hydrogen) atoms. The van der Waals surface area contributed by atoms with E-state index in [1.807, 2.05) is 0 Å². The smallest absolute Gasteiger partial charge is 0.0508 e. The Labute approximate surface area is 281 Å². The number of anilines is 3. The summed E-state index contributed by atoms with van der Waals surface area (Å²) in [5.74, 6) is 0. The second-order valence-corrected chi connectivity index (χ2v) is 13.8. The number of fused-ring (bicyclic) bond motifs is 9. The highest BCUT2D eigenvalue weighted by molar-refractivity contribution is 6.12. The topological polar surface area (TPSA) is 3.24 Å². The van der Waals surface area contributed by atoms with Gasteiger partial charge in [0, 0.05) is 16.8 Å². The van der Waals surface area contributed by atoms with E-state index in [-0.39, 0.29) is 5.41 Å². The van der Waals surface area contributed by atoms with Gasteiger partial charge in [-0.05, 0) is 132 Å². The molecule has 0 spiro atoms. The molecule has 0 saturated carbocycles. The minimum Gasteiger partial charge on any atom is -0.310 e. The first-order chi connectivity index (χ1) is 23.5. The van der Waals surface area contributed by atoms with Gasteiger partial charge in [-0.25, -0.2) is 0 Å². The van der Waals surface area contributed by atoms with E-state index in [1.54, 1.807) is 0 Å². The van der Waals surface area contributed by atoms with Crippen molar-refractivity contribution in [2.45, 2.75) is 19.3 Å². The molecule has 1 nitrogen and oxygen atoms in total. The van der Waals surface area contributed by atoms with Crippen molar-refractivity contribution in [3.05, 3.63) is 175 Å². The number of hydrogen-bond donors (Lipinski definition) is 0. The Balaban J connectivity index is 1.15. The lowest BCUT2D eigenvalue weighted by atomic mass is 9.78.